The van der Waals surface area contributed by atoms with Gasteiger partial charge in [-0.3, -0.25) is 0 Å². The maximum atomic E-state index is 11.2. The summed E-state index contributed by atoms with van der Waals surface area (Å²) in [6.07, 6.45) is 5.72. The Labute approximate surface area is 80.3 Å². The van der Waals surface area contributed by atoms with E-state index >= 15 is 0 Å². The van der Waals surface area contributed by atoms with Crippen molar-refractivity contribution in [2.45, 2.75) is 27.7 Å². The van der Waals surface area contributed by atoms with Gasteiger partial charge in [0.1, 0.15) is 0 Å². The van der Waals surface area contributed by atoms with Gasteiger partial charge in [0.2, 0.25) is 0 Å². The average Bonchev–Trinajstić information content (AvgIpc) is 2.13. The number of rotatable bonds is 4. The lowest BCUT2D eigenvalue weighted by Crippen LogP contribution is -2.11. The van der Waals surface area contributed by atoms with Crippen LogP contribution < -0.4 is 0 Å². The number of allylic oxidation sites excluding steroid dienone is 2. The van der Waals surface area contributed by atoms with Crippen molar-refractivity contribution in [1.82, 2.24) is 0 Å². The minimum absolute atomic E-state index is 0.223. The van der Waals surface area contributed by atoms with E-state index in [-0.39, 0.29) is 5.97 Å². The van der Waals surface area contributed by atoms with Gasteiger partial charge in [0.15, 0.2) is 0 Å². The molecular weight excluding hydrogens is 164 g/mol. The molecule has 0 spiro atoms. The third-order valence-electron chi connectivity index (χ3n) is 1.75. The van der Waals surface area contributed by atoms with Crippen LogP contribution in [0, 0.1) is 5.92 Å². The van der Waals surface area contributed by atoms with Gasteiger partial charge in [-0.25, -0.2) is 4.79 Å². The molecular formula is C11H18O2. The predicted molar refractivity (Wildman–Crippen MR) is 54.4 cm³/mol. The molecule has 1 unspecified atom stereocenters. The summed E-state index contributed by atoms with van der Waals surface area (Å²) in [6, 6.07) is 0. The highest BCUT2D eigenvalue weighted by molar-refractivity contribution is 5.87. The van der Waals surface area contributed by atoms with Gasteiger partial charge < -0.3 is 4.74 Å². The van der Waals surface area contributed by atoms with Crippen molar-refractivity contribution in [3.63, 3.8) is 0 Å². The van der Waals surface area contributed by atoms with Crippen molar-refractivity contribution in [1.29, 1.82) is 0 Å². The van der Waals surface area contributed by atoms with Gasteiger partial charge >= 0.3 is 5.97 Å². The van der Waals surface area contributed by atoms with Crippen LogP contribution >= 0.6 is 0 Å². The summed E-state index contributed by atoms with van der Waals surface area (Å²) in [5.41, 5.74) is 0.660. The lowest BCUT2D eigenvalue weighted by atomic mass is 10.2. The first-order valence-corrected chi connectivity index (χ1v) is 4.54. The summed E-state index contributed by atoms with van der Waals surface area (Å²) in [6.45, 7) is 8.00. The number of hydrogen-bond acceptors (Lipinski definition) is 2. The van der Waals surface area contributed by atoms with Crippen molar-refractivity contribution in [3.8, 4) is 0 Å². The molecule has 0 radical (unpaired) electrons. The van der Waals surface area contributed by atoms with Crippen molar-refractivity contribution >= 4 is 5.97 Å². The zero-order valence-electron chi connectivity index (χ0n) is 8.83. The molecule has 0 saturated heterocycles. The maximum absolute atomic E-state index is 11.2. The summed E-state index contributed by atoms with van der Waals surface area (Å²) in [5, 5.41) is 0. The van der Waals surface area contributed by atoms with Crippen LogP contribution in [-0.4, -0.2) is 12.6 Å². The largest absolute Gasteiger partial charge is 0.462 e. The van der Waals surface area contributed by atoms with E-state index in [4.69, 9.17) is 4.74 Å². The molecule has 0 rings (SSSR count). The van der Waals surface area contributed by atoms with Crippen LogP contribution in [0.1, 0.15) is 27.7 Å². The fourth-order valence-corrected chi connectivity index (χ4v) is 0.823. The van der Waals surface area contributed by atoms with Crippen LogP contribution in [0.5, 0.6) is 0 Å². The van der Waals surface area contributed by atoms with Gasteiger partial charge in [-0.05, 0) is 20.8 Å². The fourth-order valence-electron chi connectivity index (χ4n) is 0.823. The third kappa shape index (κ3) is 5.23. The molecule has 0 bridgehead atoms. The van der Waals surface area contributed by atoms with E-state index in [9.17, 15) is 4.79 Å². The van der Waals surface area contributed by atoms with E-state index in [1.807, 2.05) is 32.9 Å². The molecule has 2 heteroatoms. The van der Waals surface area contributed by atoms with Crippen LogP contribution in [0.25, 0.3) is 0 Å². The zero-order chi connectivity index (χ0) is 10.3. The highest BCUT2D eigenvalue weighted by atomic mass is 16.5. The van der Waals surface area contributed by atoms with Crippen molar-refractivity contribution < 1.29 is 9.53 Å². The molecule has 1 atom stereocenters. The molecule has 0 saturated carbocycles. The molecule has 0 aromatic heterocycles. The smallest absolute Gasteiger partial charge is 0.333 e. The average molecular weight is 182 g/mol. The second-order valence-electron chi connectivity index (χ2n) is 3.07. The molecule has 2 nitrogen and oxygen atoms in total. The van der Waals surface area contributed by atoms with E-state index in [0.717, 1.165) is 0 Å². The molecule has 0 N–H and O–H groups in total. The number of carbonyl (C=O) groups excluding carboxylic acids is 1. The van der Waals surface area contributed by atoms with Gasteiger partial charge in [-0.2, -0.15) is 0 Å². The Bertz CT molecular complexity index is 214. The molecule has 74 valence electrons. The lowest BCUT2D eigenvalue weighted by Gasteiger charge is -2.07. The number of hydrogen-bond donors (Lipinski definition) is 0. The highest BCUT2D eigenvalue weighted by Gasteiger charge is 2.05. The van der Waals surface area contributed by atoms with Crippen LogP contribution in [-0.2, 0) is 9.53 Å². The molecule has 0 fully saturated rings. The Hall–Kier alpha value is -1.05. The van der Waals surface area contributed by atoms with Gasteiger partial charge in [-0.1, -0.05) is 25.2 Å². The lowest BCUT2D eigenvalue weighted by molar-refractivity contribution is -0.139. The summed E-state index contributed by atoms with van der Waals surface area (Å²) in [5.74, 6) is 0.0671. The summed E-state index contributed by atoms with van der Waals surface area (Å²) in [7, 11) is 0. The van der Waals surface area contributed by atoms with E-state index < -0.39 is 0 Å². The van der Waals surface area contributed by atoms with Crippen LogP contribution in [0.3, 0.4) is 0 Å². The molecule has 0 aromatic rings. The van der Waals surface area contributed by atoms with Crippen LogP contribution in [0.2, 0.25) is 0 Å². The molecule has 0 amide bonds. The fraction of sp³-hybridized carbons (Fsp3) is 0.545. The van der Waals surface area contributed by atoms with E-state index in [2.05, 4.69) is 0 Å². The maximum Gasteiger partial charge on any atom is 0.333 e. The van der Waals surface area contributed by atoms with Crippen molar-refractivity contribution in [3.05, 3.63) is 23.8 Å². The Morgan fingerprint density at radius 3 is 2.54 bits per heavy atom. The van der Waals surface area contributed by atoms with Crippen LogP contribution in [0.4, 0.5) is 0 Å². The first-order valence-electron chi connectivity index (χ1n) is 4.54. The second-order valence-corrected chi connectivity index (χ2v) is 3.07. The van der Waals surface area contributed by atoms with Crippen molar-refractivity contribution in [2.75, 3.05) is 6.61 Å². The van der Waals surface area contributed by atoms with Gasteiger partial charge in [0.25, 0.3) is 0 Å². The van der Waals surface area contributed by atoms with E-state index in [1.54, 1.807) is 13.0 Å². The topological polar surface area (TPSA) is 26.3 Å². The van der Waals surface area contributed by atoms with Crippen molar-refractivity contribution in [2.24, 2.45) is 5.92 Å². The first-order chi connectivity index (χ1) is 6.11. The Morgan fingerprint density at radius 2 is 2.08 bits per heavy atom. The molecule has 0 aliphatic carbocycles. The molecule has 13 heavy (non-hydrogen) atoms. The Kier molecular flexibility index (Phi) is 5.94. The summed E-state index contributed by atoms with van der Waals surface area (Å²) < 4.78 is 5.05. The molecule has 0 aliphatic heterocycles. The van der Waals surface area contributed by atoms with Gasteiger partial charge in [0, 0.05) is 11.5 Å². The Morgan fingerprint density at radius 1 is 1.46 bits per heavy atom. The van der Waals surface area contributed by atoms with Gasteiger partial charge in [0.05, 0.1) is 6.61 Å². The van der Waals surface area contributed by atoms with E-state index in [1.165, 1.54) is 0 Å². The molecule has 0 aromatic carbocycles. The number of carbonyl (C=O) groups is 1. The predicted octanol–water partition coefficient (Wildman–Crippen LogP) is 2.71. The quantitative estimate of drug-likeness (QED) is 0.379. The number of esters is 1. The molecule has 0 aliphatic rings. The Balaban J connectivity index is 3.83. The minimum Gasteiger partial charge on any atom is -0.462 e. The van der Waals surface area contributed by atoms with Crippen LogP contribution in [0.15, 0.2) is 23.8 Å². The second kappa shape index (κ2) is 6.46. The normalized spacial score (nSPS) is 14.6. The first kappa shape index (κ1) is 11.9. The SMILES string of the molecule is C/C=C(/C)C(=O)OCC(C)/C=C/C. The monoisotopic (exact) mass is 182 g/mol. The highest BCUT2D eigenvalue weighted by Crippen LogP contribution is 2.01. The van der Waals surface area contributed by atoms with E-state index in [0.29, 0.717) is 18.1 Å². The number of ether oxygens (including phenoxy) is 1. The summed E-state index contributed by atoms with van der Waals surface area (Å²) >= 11 is 0. The zero-order valence-corrected chi connectivity index (χ0v) is 8.83. The standard InChI is InChI=1S/C11H18O2/c1-5-7-9(3)8-13-11(12)10(4)6-2/h5-7,9H,8H2,1-4H3/b7-5+,10-6-. The third-order valence-corrected chi connectivity index (χ3v) is 1.75. The minimum atomic E-state index is -0.223. The molecule has 0 heterocycles. The summed E-state index contributed by atoms with van der Waals surface area (Å²) in [4.78, 5) is 11.2. The van der Waals surface area contributed by atoms with Gasteiger partial charge in [-0.15, -0.1) is 0 Å².